The summed E-state index contributed by atoms with van der Waals surface area (Å²) in [6, 6.07) is 9.55. The third-order valence-corrected chi connectivity index (χ3v) is 2.82. The summed E-state index contributed by atoms with van der Waals surface area (Å²) in [5, 5.41) is 3.58. The summed E-state index contributed by atoms with van der Waals surface area (Å²) in [6.07, 6.45) is 0.385. The zero-order valence-electron chi connectivity index (χ0n) is 10.4. The van der Waals surface area contributed by atoms with Crippen molar-refractivity contribution in [1.82, 2.24) is 5.32 Å². The molecular weight excluding hydrogens is 298 g/mol. The Labute approximate surface area is 116 Å². The summed E-state index contributed by atoms with van der Waals surface area (Å²) in [4.78, 5) is 11.6. The summed E-state index contributed by atoms with van der Waals surface area (Å²) in [5.41, 5.74) is 0.969. The number of nitrogens with one attached hydrogen (secondary N) is 1. The lowest BCUT2D eigenvalue weighted by Gasteiger charge is -2.16. The van der Waals surface area contributed by atoms with Crippen molar-refractivity contribution in [1.29, 1.82) is 0 Å². The van der Waals surface area contributed by atoms with Crippen molar-refractivity contribution in [2.24, 2.45) is 0 Å². The Hall–Kier alpha value is -1.07. The van der Waals surface area contributed by atoms with Crippen molar-refractivity contribution in [2.75, 3.05) is 19.0 Å². The Bertz CT molecular complexity index is 339. The minimum atomic E-state index is -0.415. The maximum atomic E-state index is 11.6. The fraction of sp³-hybridized carbons (Fsp3) is 0.462. The molecule has 1 atom stereocenters. The van der Waals surface area contributed by atoms with E-state index in [0.717, 1.165) is 17.3 Å². The lowest BCUT2D eigenvalue weighted by Crippen LogP contribution is -2.38. The molecule has 0 heterocycles. The number of amides is 1. The van der Waals surface area contributed by atoms with Gasteiger partial charge in [-0.05, 0) is 12.0 Å². The van der Waals surface area contributed by atoms with Crippen molar-refractivity contribution >= 4 is 22.0 Å². The monoisotopic (exact) mass is 315 g/mol. The second kappa shape index (κ2) is 8.94. The van der Waals surface area contributed by atoms with Crippen molar-refractivity contribution in [3.05, 3.63) is 35.9 Å². The largest absolute Gasteiger partial charge is 0.445 e. The predicted molar refractivity (Wildman–Crippen MR) is 73.8 cm³/mol. The number of rotatable bonds is 7. The fourth-order valence-electron chi connectivity index (χ4n) is 1.46. The number of carbonyl (C=O) groups is 1. The van der Waals surface area contributed by atoms with Crippen LogP contribution in [0, 0.1) is 0 Å². The number of carbonyl (C=O) groups excluding carboxylic acids is 1. The van der Waals surface area contributed by atoms with Crippen LogP contribution < -0.4 is 5.32 Å². The van der Waals surface area contributed by atoms with E-state index in [0.29, 0.717) is 6.61 Å². The molecular formula is C13H18BrNO3. The second-order valence-electron chi connectivity index (χ2n) is 3.84. The Kier molecular flexibility index (Phi) is 7.44. The quantitative estimate of drug-likeness (QED) is 0.787. The van der Waals surface area contributed by atoms with Crippen LogP contribution >= 0.6 is 15.9 Å². The summed E-state index contributed by atoms with van der Waals surface area (Å²) in [6.45, 7) is 0.757. The number of hydrogen-bond donors (Lipinski definition) is 1. The van der Waals surface area contributed by atoms with Crippen LogP contribution in [0.2, 0.25) is 0 Å². The van der Waals surface area contributed by atoms with Gasteiger partial charge < -0.3 is 14.8 Å². The Morgan fingerprint density at radius 3 is 2.72 bits per heavy atom. The van der Waals surface area contributed by atoms with Gasteiger partial charge in [0.15, 0.2) is 0 Å². The van der Waals surface area contributed by atoms with E-state index in [1.807, 2.05) is 30.3 Å². The van der Waals surface area contributed by atoms with Crippen molar-refractivity contribution in [3.8, 4) is 0 Å². The SMILES string of the molecule is COC[C@H](CCBr)NC(=O)OCc1ccccc1. The third-order valence-electron chi connectivity index (χ3n) is 2.36. The molecule has 0 spiro atoms. The van der Waals surface area contributed by atoms with Crippen LogP contribution in [0.15, 0.2) is 30.3 Å². The molecule has 0 fully saturated rings. The van der Waals surface area contributed by atoms with Gasteiger partial charge in [-0.3, -0.25) is 0 Å². The van der Waals surface area contributed by atoms with E-state index in [4.69, 9.17) is 9.47 Å². The number of benzene rings is 1. The molecule has 0 aliphatic heterocycles. The van der Waals surface area contributed by atoms with Gasteiger partial charge in [0.2, 0.25) is 0 Å². The lowest BCUT2D eigenvalue weighted by molar-refractivity contribution is 0.120. The Morgan fingerprint density at radius 1 is 1.39 bits per heavy atom. The van der Waals surface area contributed by atoms with Crippen LogP contribution in [-0.4, -0.2) is 31.2 Å². The van der Waals surface area contributed by atoms with Crippen LogP contribution in [0.25, 0.3) is 0 Å². The van der Waals surface area contributed by atoms with Gasteiger partial charge in [0.1, 0.15) is 6.61 Å². The normalized spacial score (nSPS) is 11.9. The number of hydrogen-bond acceptors (Lipinski definition) is 3. The number of alkyl halides is 1. The average molecular weight is 316 g/mol. The van der Waals surface area contributed by atoms with Crippen LogP contribution in [-0.2, 0) is 16.1 Å². The van der Waals surface area contributed by atoms with E-state index in [-0.39, 0.29) is 12.6 Å². The van der Waals surface area contributed by atoms with Crippen molar-refractivity contribution in [2.45, 2.75) is 19.1 Å². The van der Waals surface area contributed by atoms with E-state index in [1.165, 1.54) is 0 Å². The minimum absolute atomic E-state index is 0.0300. The first-order chi connectivity index (χ1) is 8.76. The molecule has 0 aliphatic rings. The number of halogens is 1. The molecule has 4 nitrogen and oxygen atoms in total. The van der Waals surface area contributed by atoms with Gasteiger partial charge >= 0.3 is 6.09 Å². The van der Waals surface area contributed by atoms with E-state index in [2.05, 4.69) is 21.2 Å². The summed E-state index contributed by atoms with van der Waals surface area (Å²) < 4.78 is 10.2. The fourth-order valence-corrected chi connectivity index (χ4v) is 2.01. The lowest BCUT2D eigenvalue weighted by atomic mass is 10.2. The first-order valence-corrected chi connectivity index (χ1v) is 6.90. The van der Waals surface area contributed by atoms with Crippen LogP contribution in [0.3, 0.4) is 0 Å². The number of alkyl carbamates (subject to hydrolysis) is 1. The molecule has 0 saturated carbocycles. The topological polar surface area (TPSA) is 47.6 Å². The molecule has 0 unspecified atom stereocenters. The van der Waals surface area contributed by atoms with Gasteiger partial charge in [-0.25, -0.2) is 4.79 Å². The summed E-state index contributed by atoms with van der Waals surface area (Å²) in [7, 11) is 1.61. The molecule has 0 saturated heterocycles. The Morgan fingerprint density at radius 2 is 2.11 bits per heavy atom. The molecule has 1 aromatic rings. The first-order valence-electron chi connectivity index (χ1n) is 5.78. The van der Waals surface area contributed by atoms with E-state index in [1.54, 1.807) is 7.11 Å². The predicted octanol–water partition coefficient (Wildman–Crippen LogP) is 2.71. The molecule has 100 valence electrons. The highest BCUT2D eigenvalue weighted by Gasteiger charge is 2.12. The highest BCUT2D eigenvalue weighted by atomic mass is 79.9. The first kappa shape index (κ1) is 15.0. The van der Waals surface area contributed by atoms with Gasteiger partial charge in [-0.2, -0.15) is 0 Å². The van der Waals surface area contributed by atoms with Crippen LogP contribution in [0.5, 0.6) is 0 Å². The standard InChI is InChI=1S/C13H18BrNO3/c1-17-10-12(7-8-14)15-13(16)18-9-11-5-3-2-4-6-11/h2-6,12H,7-10H2,1H3,(H,15,16)/t12-/m0/s1. The zero-order chi connectivity index (χ0) is 13.2. The molecule has 5 heteroatoms. The van der Waals surface area contributed by atoms with Crippen molar-refractivity contribution < 1.29 is 14.3 Å². The number of methoxy groups -OCH3 is 1. The number of ether oxygens (including phenoxy) is 2. The maximum absolute atomic E-state index is 11.6. The van der Waals surface area contributed by atoms with Crippen LogP contribution in [0.1, 0.15) is 12.0 Å². The summed E-state index contributed by atoms with van der Waals surface area (Å²) in [5.74, 6) is 0. The van der Waals surface area contributed by atoms with Gasteiger partial charge in [0.25, 0.3) is 0 Å². The molecule has 0 bridgehead atoms. The maximum Gasteiger partial charge on any atom is 0.407 e. The smallest absolute Gasteiger partial charge is 0.407 e. The van der Waals surface area contributed by atoms with Crippen molar-refractivity contribution in [3.63, 3.8) is 0 Å². The molecule has 1 aromatic carbocycles. The second-order valence-corrected chi connectivity index (χ2v) is 4.63. The van der Waals surface area contributed by atoms with E-state index < -0.39 is 6.09 Å². The molecule has 0 radical (unpaired) electrons. The summed E-state index contributed by atoms with van der Waals surface area (Å²) >= 11 is 3.34. The molecule has 0 aromatic heterocycles. The molecule has 1 amide bonds. The highest BCUT2D eigenvalue weighted by molar-refractivity contribution is 9.09. The van der Waals surface area contributed by atoms with Gasteiger partial charge in [0.05, 0.1) is 12.6 Å². The van der Waals surface area contributed by atoms with Gasteiger partial charge in [-0.15, -0.1) is 0 Å². The van der Waals surface area contributed by atoms with Gasteiger partial charge in [0, 0.05) is 12.4 Å². The average Bonchev–Trinajstić information content (AvgIpc) is 2.38. The minimum Gasteiger partial charge on any atom is -0.445 e. The third kappa shape index (κ3) is 6.02. The van der Waals surface area contributed by atoms with E-state index >= 15 is 0 Å². The Balaban J connectivity index is 2.31. The zero-order valence-corrected chi connectivity index (χ0v) is 12.0. The van der Waals surface area contributed by atoms with Crippen LogP contribution in [0.4, 0.5) is 4.79 Å². The molecule has 1 N–H and O–H groups in total. The molecule has 0 aliphatic carbocycles. The molecule has 1 rings (SSSR count). The van der Waals surface area contributed by atoms with E-state index in [9.17, 15) is 4.79 Å². The highest BCUT2D eigenvalue weighted by Crippen LogP contribution is 2.02. The van der Waals surface area contributed by atoms with Gasteiger partial charge in [-0.1, -0.05) is 46.3 Å². The molecule has 18 heavy (non-hydrogen) atoms.